The van der Waals surface area contributed by atoms with Gasteiger partial charge in [0, 0.05) is 30.8 Å². The maximum absolute atomic E-state index is 5.39. The van der Waals surface area contributed by atoms with Crippen LogP contribution in [0.3, 0.4) is 0 Å². The van der Waals surface area contributed by atoms with Crippen LogP contribution in [-0.2, 0) is 11.2 Å². The second-order valence-electron chi connectivity index (χ2n) is 5.79. The topological polar surface area (TPSA) is 25.4 Å². The number of fused-ring (bicyclic) bond motifs is 1. The normalized spacial score (nSPS) is 16.3. The first kappa shape index (κ1) is 15.8. The lowest BCUT2D eigenvalue weighted by Crippen LogP contribution is -2.37. The summed E-state index contributed by atoms with van der Waals surface area (Å²) in [5.41, 5.74) is 3.77. The number of aromatic nitrogens is 1. The quantitative estimate of drug-likeness (QED) is 0.788. The number of benzene rings is 1. The van der Waals surface area contributed by atoms with Crippen LogP contribution in [0, 0.1) is 6.92 Å². The highest BCUT2D eigenvalue weighted by molar-refractivity contribution is 7.99. The van der Waals surface area contributed by atoms with Crippen LogP contribution in [0.1, 0.15) is 18.1 Å². The van der Waals surface area contributed by atoms with Crippen molar-refractivity contribution in [1.82, 2.24) is 9.88 Å². The molecule has 1 aliphatic rings. The fourth-order valence-corrected chi connectivity index (χ4v) is 3.77. The van der Waals surface area contributed by atoms with E-state index in [-0.39, 0.29) is 0 Å². The zero-order chi connectivity index (χ0) is 15.4. The summed E-state index contributed by atoms with van der Waals surface area (Å²) in [6, 6.07) is 8.88. The molecule has 2 aromatic rings. The number of hydrogen-bond acceptors (Lipinski definition) is 4. The predicted molar refractivity (Wildman–Crippen MR) is 93.8 cm³/mol. The molecule has 1 aromatic heterocycles. The third-order valence-corrected chi connectivity index (χ3v) is 5.25. The summed E-state index contributed by atoms with van der Waals surface area (Å²) >= 11 is 1.87. The highest BCUT2D eigenvalue weighted by atomic mass is 32.2. The molecule has 0 atom stereocenters. The van der Waals surface area contributed by atoms with Gasteiger partial charge in [-0.3, -0.25) is 4.90 Å². The Morgan fingerprint density at radius 3 is 2.82 bits per heavy atom. The second kappa shape index (κ2) is 7.44. The van der Waals surface area contributed by atoms with Gasteiger partial charge in [0.2, 0.25) is 0 Å². The molecule has 0 amide bonds. The monoisotopic (exact) mass is 316 g/mol. The van der Waals surface area contributed by atoms with Crippen molar-refractivity contribution in [3.63, 3.8) is 0 Å². The number of aryl methyl sites for hydroxylation is 2. The van der Waals surface area contributed by atoms with E-state index in [2.05, 4.69) is 43.0 Å². The van der Waals surface area contributed by atoms with Gasteiger partial charge < -0.3 is 4.74 Å². The molecule has 0 N–H and O–H groups in total. The smallest absolute Gasteiger partial charge is 0.0997 e. The number of hydrogen-bond donors (Lipinski definition) is 0. The van der Waals surface area contributed by atoms with E-state index in [0.717, 1.165) is 50.5 Å². The third kappa shape index (κ3) is 3.80. The van der Waals surface area contributed by atoms with E-state index < -0.39 is 0 Å². The number of thioether (sulfide) groups is 1. The third-order valence-electron chi connectivity index (χ3n) is 4.18. The van der Waals surface area contributed by atoms with E-state index >= 15 is 0 Å². The summed E-state index contributed by atoms with van der Waals surface area (Å²) in [4.78, 5) is 7.33. The lowest BCUT2D eigenvalue weighted by molar-refractivity contribution is 0.0410. The Balaban J connectivity index is 1.66. The molecule has 0 spiro atoms. The standard InChI is InChI=1S/C18H24N2OS/c1-3-15-4-5-17-16(13-15)12-14(2)18(19-17)22-11-8-20-6-9-21-10-7-20/h4-5,12-13H,3,6-11H2,1-2H3. The van der Waals surface area contributed by atoms with E-state index in [9.17, 15) is 0 Å². The lowest BCUT2D eigenvalue weighted by atomic mass is 10.1. The van der Waals surface area contributed by atoms with Gasteiger partial charge in [0.05, 0.1) is 23.8 Å². The van der Waals surface area contributed by atoms with E-state index in [1.807, 2.05) is 11.8 Å². The van der Waals surface area contributed by atoms with Gasteiger partial charge in [0.15, 0.2) is 0 Å². The van der Waals surface area contributed by atoms with Crippen LogP contribution < -0.4 is 0 Å². The van der Waals surface area contributed by atoms with Crippen molar-refractivity contribution in [1.29, 1.82) is 0 Å². The van der Waals surface area contributed by atoms with Crippen LogP contribution in [-0.4, -0.2) is 48.5 Å². The highest BCUT2D eigenvalue weighted by Crippen LogP contribution is 2.25. The fourth-order valence-electron chi connectivity index (χ4n) is 2.78. The number of ether oxygens (including phenoxy) is 1. The van der Waals surface area contributed by atoms with E-state index in [1.54, 1.807) is 0 Å². The molecular weight excluding hydrogens is 292 g/mol. The number of nitrogens with zero attached hydrogens (tertiary/aromatic N) is 2. The Morgan fingerprint density at radius 2 is 2.05 bits per heavy atom. The van der Waals surface area contributed by atoms with Gasteiger partial charge in [-0.25, -0.2) is 4.98 Å². The SMILES string of the molecule is CCc1ccc2nc(SCCN3CCOCC3)c(C)cc2c1. The van der Waals surface area contributed by atoms with Crippen LogP contribution in [0.25, 0.3) is 10.9 Å². The van der Waals surface area contributed by atoms with Gasteiger partial charge in [-0.2, -0.15) is 0 Å². The van der Waals surface area contributed by atoms with Crippen LogP contribution in [0.2, 0.25) is 0 Å². The molecule has 3 rings (SSSR count). The molecule has 1 saturated heterocycles. The van der Waals surface area contributed by atoms with Crippen LogP contribution in [0.4, 0.5) is 0 Å². The summed E-state index contributed by atoms with van der Waals surface area (Å²) < 4.78 is 5.39. The zero-order valence-electron chi connectivity index (χ0n) is 13.5. The van der Waals surface area contributed by atoms with Crippen molar-refractivity contribution in [2.75, 3.05) is 38.6 Å². The summed E-state index contributed by atoms with van der Waals surface area (Å²) in [6.07, 6.45) is 1.07. The fraction of sp³-hybridized carbons (Fsp3) is 0.500. The molecule has 2 heterocycles. The zero-order valence-corrected chi connectivity index (χ0v) is 14.3. The highest BCUT2D eigenvalue weighted by Gasteiger charge is 2.11. The second-order valence-corrected chi connectivity index (χ2v) is 6.88. The molecule has 22 heavy (non-hydrogen) atoms. The van der Waals surface area contributed by atoms with Crippen molar-refractivity contribution in [3.8, 4) is 0 Å². The van der Waals surface area contributed by atoms with Crippen molar-refractivity contribution >= 4 is 22.7 Å². The molecule has 1 aromatic carbocycles. The van der Waals surface area contributed by atoms with Crippen molar-refractivity contribution in [3.05, 3.63) is 35.4 Å². The summed E-state index contributed by atoms with van der Waals surface area (Å²) in [7, 11) is 0. The average Bonchev–Trinajstić information content (AvgIpc) is 2.56. The van der Waals surface area contributed by atoms with Crippen molar-refractivity contribution < 1.29 is 4.74 Å². The molecule has 118 valence electrons. The maximum Gasteiger partial charge on any atom is 0.0997 e. The summed E-state index contributed by atoms with van der Waals surface area (Å²) in [5.74, 6) is 1.09. The minimum atomic E-state index is 0.873. The Kier molecular flexibility index (Phi) is 5.34. The van der Waals surface area contributed by atoms with Gasteiger partial charge in [-0.05, 0) is 42.7 Å². The molecule has 0 aliphatic carbocycles. The van der Waals surface area contributed by atoms with Gasteiger partial charge in [-0.15, -0.1) is 11.8 Å². The Hall–Kier alpha value is -1.10. The minimum Gasteiger partial charge on any atom is -0.379 e. The molecule has 0 saturated carbocycles. The maximum atomic E-state index is 5.39. The number of rotatable bonds is 5. The molecule has 0 bridgehead atoms. The largest absolute Gasteiger partial charge is 0.379 e. The number of morpholine rings is 1. The summed E-state index contributed by atoms with van der Waals surface area (Å²) in [5, 5.41) is 2.43. The van der Waals surface area contributed by atoms with Gasteiger partial charge in [-0.1, -0.05) is 13.0 Å². The first-order valence-electron chi connectivity index (χ1n) is 8.09. The molecule has 4 heteroatoms. The van der Waals surface area contributed by atoms with Crippen molar-refractivity contribution in [2.45, 2.75) is 25.3 Å². The lowest BCUT2D eigenvalue weighted by Gasteiger charge is -2.26. The molecular formula is C18H24N2OS. The van der Waals surface area contributed by atoms with Crippen LogP contribution in [0.15, 0.2) is 29.3 Å². The predicted octanol–water partition coefficient (Wildman–Crippen LogP) is 3.53. The number of pyridine rings is 1. The van der Waals surface area contributed by atoms with Crippen LogP contribution >= 0.6 is 11.8 Å². The Bertz CT molecular complexity index is 638. The Labute approximate surface area is 137 Å². The minimum absolute atomic E-state index is 0.873. The Morgan fingerprint density at radius 1 is 1.23 bits per heavy atom. The van der Waals surface area contributed by atoms with Gasteiger partial charge in [0.1, 0.15) is 0 Å². The molecule has 1 aliphatic heterocycles. The first-order valence-corrected chi connectivity index (χ1v) is 9.08. The first-order chi connectivity index (χ1) is 10.8. The molecule has 3 nitrogen and oxygen atoms in total. The van der Waals surface area contributed by atoms with Gasteiger partial charge in [0.25, 0.3) is 0 Å². The average molecular weight is 316 g/mol. The van der Waals surface area contributed by atoms with E-state index in [4.69, 9.17) is 9.72 Å². The van der Waals surface area contributed by atoms with E-state index in [0.29, 0.717) is 0 Å². The molecule has 1 fully saturated rings. The molecule has 0 unspecified atom stereocenters. The van der Waals surface area contributed by atoms with Crippen LogP contribution in [0.5, 0.6) is 0 Å². The van der Waals surface area contributed by atoms with Crippen molar-refractivity contribution in [2.24, 2.45) is 0 Å². The van der Waals surface area contributed by atoms with E-state index in [1.165, 1.54) is 21.5 Å². The van der Waals surface area contributed by atoms with Gasteiger partial charge >= 0.3 is 0 Å². The molecule has 0 radical (unpaired) electrons. The summed E-state index contributed by atoms with van der Waals surface area (Å²) in [6.45, 7) is 9.34.